The van der Waals surface area contributed by atoms with Gasteiger partial charge in [0.25, 0.3) is 5.91 Å². The van der Waals surface area contributed by atoms with Crippen LogP contribution in [0.1, 0.15) is 33.3 Å². The first-order valence-electron chi connectivity index (χ1n) is 6.31. The summed E-state index contributed by atoms with van der Waals surface area (Å²) >= 11 is 6.75. The third kappa shape index (κ3) is 2.93. The summed E-state index contributed by atoms with van der Waals surface area (Å²) < 4.78 is 0.995. The van der Waals surface area contributed by atoms with Crippen molar-refractivity contribution in [3.05, 3.63) is 43.2 Å². The molecule has 0 spiro atoms. The van der Waals surface area contributed by atoms with Crippen molar-refractivity contribution >= 4 is 44.5 Å². The maximum absolute atomic E-state index is 12.3. The summed E-state index contributed by atoms with van der Waals surface area (Å²) in [6.07, 6.45) is 2.16. The van der Waals surface area contributed by atoms with Gasteiger partial charge in [0.1, 0.15) is 0 Å². The molecule has 0 unspecified atom stereocenters. The molecule has 0 N–H and O–H groups in total. The fourth-order valence-electron chi connectivity index (χ4n) is 2.47. The van der Waals surface area contributed by atoms with Crippen LogP contribution in [0.3, 0.4) is 0 Å². The van der Waals surface area contributed by atoms with Crippen molar-refractivity contribution in [3.8, 4) is 0 Å². The van der Waals surface area contributed by atoms with E-state index in [1.807, 2.05) is 27.7 Å². The van der Waals surface area contributed by atoms with E-state index in [0.717, 1.165) is 35.3 Å². The third-order valence-corrected chi connectivity index (χ3v) is 6.22. The number of carbonyl (C=O) groups is 1. The van der Waals surface area contributed by atoms with Crippen LogP contribution in [-0.2, 0) is 0 Å². The number of nitrogens with zero attached hydrogens (tertiary/aromatic N) is 1. The number of hydrogen-bond acceptors (Lipinski definition) is 3. The second-order valence-electron chi connectivity index (χ2n) is 4.71. The number of piperidine rings is 1. The van der Waals surface area contributed by atoms with Crippen LogP contribution in [0.2, 0.25) is 0 Å². The summed E-state index contributed by atoms with van der Waals surface area (Å²) in [5.41, 5.74) is 0. The highest BCUT2D eigenvalue weighted by Gasteiger charge is 2.25. The number of halogens is 1. The van der Waals surface area contributed by atoms with Crippen molar-refractivity contribution in [2.45, 2.75) is 18.8 Å². The molecule has 0 atom stereocenters. The first-order chi connectivity index (χ1) is 9.24. The van der Waals surface area contributed by atoms with Gasteiger partial charge in [-0.3, -0.25) is 4.79 Å². The zero-order chi connectivity index (χ0) is 13.2. The van der Waals surface area contributed by atoms with E-state index in [0.29, 0.717) is 5.92 Å². The molecule has 100 valence electrons. The average molecular weight is 356 g/mol. The van der Waals surface area contributed by atoms with Crippen molar-refractivity contribution in [1.29, 1.82) is 0 Å². The third-order valence-electron chi connectivity index (χ3n) is 3.51. The van der Waals surface area contributed by atoms with Gasteiger partial charge in [-0.15, -0.1) is 22.7 Å². The smallest absolute Gasteiger partial charge is 0.263 e. The molecule has 19 heavy (non-hydrogen) atoms. The summed E-state index contributed by atoms with van der Waals surface area (Å²) in [4.78, 5) is 16.6. The van der Waals surface area contributed by atoms with Crippen molar-refractivity contribution < 1.29 is 4.79 Å². The quantitative estimate of drug-likeness (QED) is 0.771. The van der Waals surface area contributed by atoms with E-state index < -0.39 is 0 Å². The van der Waals surface area contributed by atoms with E-state index in [1.165, 1.54) is 16.2 Å². The van der Waals surface area contributed by atoms with Gasteiger partial charge >= 0.3 is 0 Å². The summed E-state index contributed by atoms with van der Waals surface area (Å²) in [5.74, 6) is 0.819. The molecule has 5 heteroatoms. The lowest BCUT2D eigenvalue weighted by Gasteiger charge is -2.31. The van der Waals surface area contributed by atoms with Crippen LogP contribution in [-0.4, -0.2) is 23.9 Å². The molecule has 1 aliphatic heterocycles. The normalized spacial score (nSPS) is 16.8. The lowest BCUT2D eigenvalue weighted by molar-refractivity contribution is 0.0718. The molecule has 1 fully saturated rings. The molecule has 2 aromatic rings. The molecule has 0 bridgehead atoms. The van der Waals surface area contributed by atoms with Gasteiger partial charge < -0.3 is 4.90 Å². The van der Waals surface area contributed by atoms with E-state index in [2.05, 4.69) is 33.4 Å². The minimum atomic E-state index is 0.181. The summed E-state index contributed by atoms with van der Waals surface area (Å²) in [6, 6.07) is 6.24. The number of carbonyl (C=O) groups excluding carboxylic acids is 1. The van der Waals surface area contributed by atoms with Crippen molar-refractivity contribution in [2.75, 3.05) is 13.1 Å². The fourth-order valence-corrected chi connectivity index (χ4v) is 4.76. The van der Waals surface area contributed by atoms with Gasteiger partial charge in [-0.05, 0) is 52.2 Å². The van der Waals surface area contributed by atoms with Gasteiger partial charge in [-0.1, -0.05) is 6.07 Å². The van der Waals surface area contributed by atoms with Crippen molar-refractivity contribution in [3.63, 3.8) is 0 Å². The van der Waals surface area contributed by atoms with Crippen LogP contribution >= 0.6 is 38.6 Å². The molecule has 0 aromatic carbocycles. The fraction of sp³-hybridized carbons (Fsp3) is 0.357. The molecule has 2 nitrogen and oxygen atoms in total. The molecule has 0 saturated carbocycles. The van der Waals surface area contributed by atoms with Crippen LogP contribution in [0.4, 0.5) is 0 Å². The Balaban J connectivity index is 1.62. The Kier molecular flexibility index (Phi) is 4.05. The zero-order valence-corrected chi connectivity index (χ0v) is 13.6. The van der Waals surface area contributed by atoms with E-state index in [1.54, 1.807) is 0 Å². The maximum Gasteiger partial charge on any atom is 0.263 e. The second kappa shape index (κ2) is 5.77. The standard InChI is InChI=1S/C14H14BrNOS2/c15-11-8-13(19-9-11)14(17)16-5-3-10(4-6-16)12-2-1-7-18-12/h1-2,7-10H,3-6H2. The van der Waals surface area contributed by atoms with E-state index in [4.69, 9.17) is 0 Å². The Morgan fingerprint density at radius 2 is 2.11 bits per heavy atom. The van der Waals surface area contributed by atoms with Crippen molar-refractivity contribution in [2.24, 2.45) is 0 Å². The Morgan fingerprint density at radius 3 is 2.68 bits per heavy atom. The number of hydrogen-bond donors (Lipinski definition) is 0. The minimum absolute atomic E-state index is 0.181. The number of rotatable bonds is 2. The summed E-state index contributed by atoms with van der Waals surface area (Å²) in [7, 11) is 0. The molecule has 1 amide bonds. The first kappa shape index (κ1) is 13.3. The Bertz CT molecular complexity index is 556. The Hall–Kier alpha value is -0.650. The van der Waals surface area contributed by atoms with E-state index >= 15 is 0 Å². The summed E-state index contributed by atoms with van der Waals surface area (Å²) in [6.45, 7) is 1.74. The highest BCUT2D eigenvalue weighted by Crippen LogP contribution is 2.32. The van der Waals surface area contributed by atoms with Gasteiger partial charge in [-0.25, -0.2) is 0 Å². The SMILES string of the molecule is O=C(c1cc(Br)cs1)N1CCC(c2cccs2)CC1. The number of amides is 1. The molecular formula is C14H14BrNOS2. The monoisotopic (exact) mass is 355 g/mol. The van der Waals surface area contributed by atoms with Crippen LogP contribution in [0, 0.1) is 0 Å². The van der Waals surface area contributed by atoms with E-state index in [9.17, 15) is 4.79 Å². The van der Waals surface area contributed by atoms with Gasteiger partial charge in [0.15, 0.2) is 0 Å². The average Bonchev–Trinajstić information content (AvgIpc) is 3.09. The second-order valence-corrected chi connectivity index (χ2v) is 7.52. The van der Waals surface area contributed by atoms with Gasteiger partial charge in [0, 0.05) is 27.8 Å². The lowest BCUT2D eigenvalue weighted by Crippen LogP contribution is -2.37. The molecule has 0 aliphatic carbocycles. The predicted molar refractivity (Wildman–Crippen MR) is 84.2 cm³/mol. The van der Waals surface area contributed by atoms with Crippen molar-refractivity contribution in [1.82, 2.24) is 4.90 Å². The lowest BCUT2D eigenvalue weighted by atomic mass is 9.95. The van der Waals surface area contributed by atoms with Gasteiger partial charge in [-0.2, -0.15) is 0 Å². The summed E-state index contributed by atoms with van der Waals surface area (Å²) in [5, 5.41) is 4.10. The van der Waals surface area contributed by atoms with Gasteiger partial charge in [0.2, 0.25) is 0 Å². The Labute approximate surface area is 129 Å². The molecular weight excluding hydrogens is 342 g/mol. The molecule has 3 rings (SSSR count). The van der Waals surface area contributed by atoms with Crippen LogP contribution in [0.15, 0.2) is 33.4 Å². The molecule has 3 heterocycles. The number of thiophene rings is 2. The molecule has 2 aromatic heterocycles. The zero-order valence-electron chi connectivity index (χ0n) is 10.3. The molecule has 1 saturated heterocycles. The topological polar surface area (TPSA) is 20.3 Å². The van der Waals surface area contributed by atoms with Crippen LogP contribution < -0.4 is 0 Å². The predicted octanol–water partition coefficient (Wildman–Crippen LogP) is 4.59. The molecule has 1 aliphatic rings. The highest BCUT2D eigenvalue weighted by atomic mass is 79.9. The Morgan fingerprint density at radius 1 is 1.32 bits per heavy atom. The largest absolute Gasteiger partial charge is 0.338 e. The van der Waals surface area contributed by atoms with E-state index in [-0.39, 0.29) is 5.91 Å². The maximum atomic E-state index is 12.3. The molecule has 0 radical (unpaired) electrons. The minimum Gasteiger partial charge on any atom is -0.338 e. The first-order valence-corrected chi connectivity index (χ1v) is 8.86. The van der Waals surface area contributed by atoms with Crippen LogP contribution in [0.25, 0.3) is 0 Å². The van der Waals surface area contributed by atoms with Crippen LogP contribution in [0.5, 0.6) is 0 Å². The highest BCUT2D eigenvalue weighted by molar-refractivity contribution is 9.10. The number of likely N-dealkylation sites (tertiary alicyclic amines) is 1. The van der Waals surface area contributed by atoms with Gasteiger partial charge in [0.05, 0.1) is 4.88 Å².